The number of fused-ring (bicyclic) bond motifs is 1. The van der Waals surface area contributed by atoms with E-state index in [0.29, 0.717) is 11.4 Å². The molecule has 0 unspecified atom stereocenters. The normalized spacial score (nSPS) is 19.2. The average molecular weight is 375 g/mol. The molecule has 8 heteroatoms. The smallest absolute Gasteiger partial charge is 0.248 e. The molecule has 142 valence electrons. The lowest BCUT2D eigenvalue weighted by atomic mass is 9.85. The molecule has 0 spiro atoms. The van der Waals surface area contributed by atoms with E-state index < -0.39 is 5.91 Å². The first-order chi connectivity index (χ1) is 13.6. The largest absolute Gasteiger partial charge is 0.382 e. The van der Waals surface area contributed by atoms with E-state index in [4.69, 9.17) is 21.7 Å². The van der Waals surface area contributed by atoms with Crippen LogP contribution in [0.3, 0.4) is 0 Å². The maximum Gasteiger partial charge on any atom is 0.248 e. The quantitative estimate of drug-likeness (QED) is 0.472. The zero-order valence-corrected chi connectivity index (χ0v) is 15.3. The molecule has 4 rings (SSSR count). The molecule has 1 aliphatic carbocycles. The molecule has 1 aromatic carbocycles. The Labute approximate surface area is 162 Å². The maximum absolute atomic E-state index is 11.3. The molecule has 0 radical (unpaired) electrons. The van der Waals surface area contributed by atoms with Gasteiger partial charge >= 0.3 is 0 Å². The van der Waals surface area contributed by atoms with Crippen LogP contribution in [-0.2, 0) is 0 Å². The number of hydrogen-bond donors (Lipinski definition) is 3. The van der Waals surface area contributed by atoms with Gasteiger partial charge in [-0.3, -0.25) is 9.20 Å². The van der Waals surface area contributed by atoms with Crippen LogP contribution >= 0.6 is 0 Å². The van der Waals surface area contributed by atoms with Crippen molar-refractivity contribution in [2.75, 3.05) is 5.73 Å². The monoisotopic (exact) mass is 375 g/mol. The van der Waals surface area contributed by atoms with Gasteiger partial charge in [0.25, 0.3) is 0 Å². The van der Waals surface area contributed by atoms with Gasteiger partial charge in [0, 0.05) is 35.5 Å². The summed E-state index contributed by atoms with van der Waals surface area (Å²) in [6.07, 6.45) is 9.34. The first-order valence-electron chi connectivity index (χ1n) is 9.25. The molecular weight excluding hydrogens is 354 g/mol. The van der Waals surface area contributed by atoms with Gasteiger partial charge in [-0.2, -0.15) is 5.26 Å². The summed E-state index contributed by atoms with van der Waals surface area (Å²) in [7, 11) is 0. The molecular formula is C20H21N7O. The van der Waals surface area contributed by atoms with Gasteiger partial charge < -0.3 is 16.8 Å². The van der Waals surface area contributed by atoms with Crippen molar-refractivity contribution in [1.29, 1.82) is 5.26 Å². The van der Waals surface area contributed by atoms with Crippen molar-refractivity contribution in [2.24, 2.45) is 5.73 Å². The molecule has 28 heavy (non-hydrogen) atoms. The van der Waals surface area contributed by atoms with Crippen LogP contribution in [-0.4, -0.2) is 26.3 Å². The fourth-order valence-corrected chi connectivity index (χ4v) is 3.96. The van der Waals surface area contributed by atoms with Crippen molar-refractivity contribution in [3.63, 3.8) is 0 Å². The summed E-state index contributed by atoms with van der Waals surface area (Å²) in [5.41, 5.74) is 14.3. The Morgan fingerprint density at radius 1 is 1.21 bits per heavy atom. The second-order valence-corrected chi connectivity index (χ2v) is 7.10. The fraction of sp³-hybridized carbons (Fsp3) is 0.300. The second-order valence-electron chi connectivity index (χ2n) is 7.10. The molecule has 0 atom stereocenters. The van der Waals surface area contributed by atoms with E-state index >= 15 is 0 Å². The van der Waals surface area contributed by atoms with E-state index in [2.05, 4.69) is 10.3 Å². The second kappa shape index (κ2) is 7.19. The SMILES string of the molecule is N#CNC1CCC(c2nc(-c3ccc(C(N)=O)cc3)c3c(N)nccn23)CC1. The van der Waals surface area contributed by atoms with Crippen molar-refractivity contribution < 1.29 is 4.79 Å². The number of primary amides is 1. The Morgan fingerprint density at radius 2 is 1.93 bits per heavy atom. The summed E-state index contributed by atoms with van der Waals surface area (Å²) >= 11 is 0. The molecule has 2 heterocycles. The Hall–Kier alpha value is -3.60. The van der Waals surface area contributed by atoms with Crippen LogP contribution < -0.4 is 16.8 Å². The number of hydrogen-bond acceptors (Lipinski definition) is 6. The zero-order valence-electron chi connectivity index (χ0n) is 15.3. The van der Waals surface area contributed by atoms with Gasteiger partial charge in [0.05, 0.1) is 0 Å². The summed E-state index contributed by atoms with van der Waals surface area (Å²) in [6.45, 7) is 0. The number of nitrogens with zero attached hydrogens (tertiary/aromatic N) is 4. The Bertz CT molecular complexity index is 1060. The number of nitrogens with two attached hydrogens (primary N) is 2. The van der Waals surface area contributed by atoms with Crippen molar-refractivity contribution in [3.8, 4) is 17.5 Å². The van der Waals surface area contributed by atoms with Gasteiger partial charge in [-0.15, -0.1) is 0 Å². The van der Waals surface area contributed by atoms with Crippen LogP contribution in [0.15, 0.2) is 36.7 Å². The van der Waals surface area contributed by atoms with Gasteiger partial charge in [-0.25, -0.2) is 9.97 Å². The van der Waals surface area contributed by atoms with Crippen molar-refractivity contribution in [1.82, 2.24) is 19.7 Å². The minimum absolute atomic E-state index is 0.236. The van der Waals surface area contributed by atoms with Crippen LogP contribution in [0.25, 0.3) is 16.8 Å². The van der Waals surface area contributed by atoms with E-state index in [1.165, 1.54) is 0 Å². The molecule has 8 nitrogen and oxygen atoms in total. The fourth-order valence-electron chi connectivity index (χ4n) is 3.96. The third kappa shape index (κ3) is 3.11. The number of nitriles is 1. The van der Waals surface area contributed by atoms with Crippen LogP contribution in [0, 0.1) is 11.5 Å². The van der Waals surface area contributed by atoms with E-state index in [1.54, 1.807) is 18.3 Å². The number of imidazole rings is 1. The highest BCUT2D eigenvalue weighted by atomic mass is 16.1. The lowest BCUT2D eigenvalue weighted by Gasteiger charge is -2.26. The maximum atomic E-state index is 11.3. The molecule has 1 saturated carbocycles. The van der Waals surface area contributed by atoms with Crippen molar-refractivity contribution >= 4 is 17.2 Å². The third-order valence-corrected chi connectivity index (χ3v) is 5.41. The number of anilines is 1. The molecule has 0 bridgehead atoms. The summed E-state index contributed by atoms with van der Waals surface area (Å²) in [4.78, 5) is 20.5. The Balaban J connectivity index is 1.75. The topological polar surface area (TPSA) is 135 Å². The van der Waals surface area contributed by atoms with E-state index in [-0.39, 0.29) is 12.0 Å². The summed E-state index contributed by atoms with van der Waals surface area (Å²) in [6, 6.07) is 7.26. The minimum atomic E-state index is -0.467. The van der Waals surface area contributed by atoms with Gasteiger partial charge in [0.15, 0.2) is 6.19 Å². The highest BCUT2D eigenvalue weighted by molar-refractivity contribution is 5.94. The Kier molecular flexibility index (Phi) is 4.57. The number of carbonyl (C=O) groups excluding carboxylic acids is 1. The minimum Gasteiger partial charge on any atom is -0.382 e. The number of benzene rings is 1. The van der Waals surface area contributed by atoms with E-state index in [1.807, 2.05) is 28.9 Å². The number of carbonyl (C=O) groups is 1. The number of nitrogens with one attached hydrogen (secondary N) is 1. The molecule has 3 aromatic rings. The average Bonchev–Trinajstić information content (AvgIpc) is 3.10. The van der Waals surface area contributed by atoms with Gasteiger partial charge in [0.1, 0.15) is 22.9 Å². The standard InChI is InChI=1S/C20H21N7O/c21-11-25-15-7-5-14(6-8-15)20-26-16(17-18(22)24-9-10-27(17)20)12-1-3-13(4-2-12)19(23)28/h1-4,9-10,14-15,25H,5-8H2,(H2,22,24)(H2,23,28). The molecule has 1 aliphatic rings. The van der Waals surface area contributed by atoms with Crippen LogP contribution in [0.1, 0.15) is 47.8 Å². The number of aromatic nitrogens is 3. The highest BCUT2D eigenvalue weighted by Crippen LogP contribution is 2.36. The van der Waals surface area contributed by atoms with Crippen molar-refractivity contribution in [2.45, 2.75) is 37.6 Å². The van der Waals surface area contributed by atoms with Gasteiger partial charge in [-0.05, 0) is 37.8 Å². The van der Waals surface area contributed by atoms with E-state index in [9.17, 15) is 4.79 Å². The summed E-state index contributed by atoms with van der Waals surface area (Å²) in [5.74, 6) is 1.18. The molecule has 1 amide bonds. The van der Waals surface area contributed by atoms with Crippen LogP contribution in [0.5, 0.6) is 0 Å². The molecule has 1 fully saturated rings. The molecule has 5 N–H and O–H groups in total. The predicted octanol–water partition coefficient (Wildman–Crippen LogP) is 2.17. The first-order valence-corrected chi connectivity index (χ1v) is 9.25. The summed E-state index contributed by atoms with van der Waals surface area (Å²) in [5, 5.41) is 11.7. The number of amides is 1. The predicted molar refractivity (Wildman–Crippen MR) is 105 cm³/mol. The number of rotatable bonds is 4. The highest BCUT2D eigenvalue weighted by Gasteiger charge is 2.27. The third-order valence-electron chi connectivity index (χ3n) is 5.41. The van der Waals surface area contributed by atoms with Gasteiger partial charge in [0.2, 0.25) is 5.91 Å². The van der Waals surface area contributed by atoms with E-state index in [0.717, 1.165) is 48.3 Å². The molecule has 0 saturated heterocycles. The van der Waals surface area contributed by atoms with Gasteiger partial charge in [-0.1, -0.05) is 12.1 Å². The molecule has 0 aliphatic heterocycles. The van der Waals surface area contributed by atoms with Crippen molar-refractivity contribution in [3.05, 3.63) is 48.0 Å². The van der Waals surface area contributed by atoms with Crippen LogP contribution in [0.2, 0.25) is 0 Å². The lowest BCUT2D eigenvalue weighted by Crippen LogP contribution is -2.29. The Morgan fingerprint density at radius 3 is 2.57 bits per heavy atom. The molecule has 2 aromatic heterocycles. The first kappa shape index (κ1) is 17.8. The summed E-state index contributed by atoms with van der Waals surface area (Å²) < 4.78 is 2.02. The lowest BCUT2D eigenvalue weighted by molar-refractivity contribution is 0.100. The number of nitrogen functional groups attached to an aromatic ring is 1. The van der Waals surface area contributed by atoms with Crippen LogP contribution in [0.4, 0.5) is 5.82 Å². The zero-order chi connectivity index (χ0) is 19.7.